The van der Waals surface area contributed by atoms with Gasteiger partial charge in [-0.05, 0) is 10.3 Å². The lowest BCUT2D eigenvalue weighted by atomic mass is 10.2. The molecule has 0 aliphatic carbocycles. The highest BCUT2D eigenvalue weighted by molar-refractivity contribution is 7.41. The molecule has 0 unspecified atom stereocenters. The summed E-state index contributed by atoms with van der Waals surface area (Å²) < 4.78 is 0. The van der Waals surface area contributed by atoms with Gasteiger partial charge in [0.1, 0.15) is 0 Å². The van der Waals surface area contributed by atoms with Crippen molar-refractivity contribution in [2.75, 3.05) is 0 Å². The Balaban J connectivity index is 0. The van der Waals surface area contributed by atoms with Crippen LogP contribution in [0.3, 0.4) is 0 Å². The van der Waals surface area contributed by atoms with Crippen molar-refractivity contribution in [1.29, 1.82) is 0 Å². The lowest BCUT2D eigenvalue weighted by Gasteiger charge is -2.28. The van der Waals surface area contributed by atoms with Crippen LogP contribution in [0.2, 0.25) is 0 Å². The molecule has 0 saturated carbocycles. The zero-order valence-corrected chi connectivity index (χ0v) is 12.6. The summed E-state index contributed by atoms with van der Waals surface area (Å²) in [6.07, 6.45) is 4.08. The van der Waals surface area contributed by atoms with E-state index in [0.717, 1.165) is 8.58 Å². The van der Waals surface area contributed by atoms with E-state index in [9.17, 15) is 0 Å². The molecule has 0 aliphatic rings. The van der Waals surface area contributed by atoms with Crippen molar-refractivity contribution >= 4 is 8.58 Å². The highest BCUT2D eigenvalue weighted by atomic mass is 31.1. The van der Waals surface area contributed by atoms with Crippen molar-refractivity contribution < 1.29 is 0 Å². The summed E-state index contributed by atoms with van der Waals surface area (Å²) in [5.74, 6) is 0. The van der Waals surface area contributed by atoms with Gasteiger partial charge in [-0.15, -0.1) is 8.58 Å². The molecule has 0 atom stereocenters. The second kappa shape index (κ2) is 7.69. The lowest BCUT2D eigenvalue weighted by Crippen LogP contribution is -2.16. The van der Waals surface area contributed by atoms with E-state index >= 15 is 0 Å². The first-order chi connectivity index (χ1) is 6.12. The maximum absolute atomic E-state index is 2.30. The van der Waals surface area contributed by atoms with Gasteiger partial charge in [0.05, 0.1) is 0 Å². The second-order valence-electron chi connectivity index (χ2n) is 5.98. The Morgan fingerprint density at radius 2 is 1.00 bits per heavy atom. The fourth-order valence-electron chi connectivity index (χ4n) is 1.48. The highest BCUT2D eigenvalue weighted by Gasteiger charge is 2.19. The number of hydrogen-bond acceptors (Lipinski definition) is 0. The van der Waals surface area contributed by atoms with Gasteiger partial charge in [0.2, 0.25) is 0 Å². The third-order valence-corrected chi connectivity index (χ3v) is 2.96. The van der Waals surface area contributed by atoms with E-state index in [1.54, 1.807) is 0 Å². The van der Waals surface area contributed by atoms with E-state index in [0.29, 0.717) is 10.3 Å². The molecule has 0 N–H and O–H groups in total. The minimum absolute atomic E-state index is 0.512. The van der Waals surface area contributed by atoms with Crippen molar-refractivity contribution in [3.05, 3.63) is 0 Å². The third kappa shape index (κ3) is 22.9. The average molecular weight is 218 g/mol. The van der Waals surface area contributed by atoms with Gasteiger partial charge in [-0.25, -0.2) is 0 Å². The molecule has 0 bridgehead atoms. The molecule has 0 aliphatic heterocycles. The SMILES string of the molecule is CC(C)(C)PC(C)(C)C.CCCCC. The number of unbranched alkanes of at least 4 members (excludes halogenated alkanes) is 2. The van der Waals surface area contributed by atoms with Crippen molar-refractivity contribution in [2.45, 2.75) is 85.0 Å². The predicted molar refractivity (Wildman–Crippen MR) is 73.0 cm³/mol. The minimum Gasteiger partial charge on any atom is -0.111 e. The van der Waals surface area contributed by atoms with Crippen LogP contribution in [0.15, 0.2) is 0 Å². The molecule has 0 aromatic carbocycles. The molecule has 0 radical (unpaired) electrons. The molecule has 1 heteroatoms. The van der Waals surface area contributed by atoms with Crippen molar-refractivity contribution in [2.24, 2.45) is 0 Å². The van der Waals surface area contributed by atoms with Gasteiger partial charge in [0.25, 0.3) is 0 Å². The quantitative estimate of drug-likeness (QED) is 0.540. The Labute approximate surface area is 94.0 Å². The maximum Gasteiger partial charge on any atom is -0.0202 e. The topological polar surface area (TPSA) is 0 Å². The predicted octanol–water partition coefficient (Wildman–Crippen LogP) is 5.46. The molecule has 0 rings (SSSR count). The number of rotatable bonds is 2. The third-order valence-electron chi connectivity index (χ3n) is 1.46. The standard InChI is InChI=1S/C8H19P.C5H12/c1-7(2,3)9-8(4,5)6;1-3-5-4-2/h9H,1-6H3;3-5H2,1-2H3. The Kier molecular flexibility index (Phi) is 9.25. The summed E-state index contributed by atoms with van der Waals surface area (Å²) in [5, 5.41) is 1.02. The molecule has 14 heavy (non-hydrogen) atoms. The summed E-state index contributed by atoms with van der Waals surface area (Å²) in [6.45, 7) is 18.2. The van der Waals surface area contributed by atoms with E-state index in [2.05, 4.69) is 55.4 Å². The van der Waals surface area contributed by atoms with Crippen LogP contribution >= 0.6 is 8.58 Å². The molecule has 0 spiro atoms. The van der Waals surface area contributed by atoms with Gasteiger partial charge in [-0.1, -0.05) is 74.7 Å². The first-order valence-corrected chi connectivity index (χ1v) is 6.91. The van der Waals surface area contributed by atoms with Crippen LogP contribution in [-0.4, -0.2) is 10.3 Å². The normalized spacial score (nSPS) is 12.0. The Morgan fingerprint density at radius 3 is 1.00 bits per heavy atom. The second-order valence-corrected chi connectivity index (χ2v) is 9.23. The maximum atomic E-state index is 2.30. The van der Waals surface area contributed by atoms with Gasteiger partial charge in [0.15, 0.2) is 0 Å². The van der Waals surface area contributed by atoms with Crippen LogP contribution in [0.4, 0.5) is 0 Å². The van der Waals surface area contributed by atoms with Crippen LogP contribution in [0.1, 0.15) is 74.7 Å². The summed E-state index contributed by atoms with van der Waals surface area (Å²) in [4.78, 5) is 0. The van der Waals surface area contributed by atoms with Gasteiger partial charge in [-0.3, -0.25) is 0 Å². The molecule has 0 aromatic rings. The van der Waals surface area contributed by atoms with Crippen LogP contribution in [0.25, 0.3) is 0 Å². The highest BCUT2D eigenvalue weighted by Crippen LogP contribution is 2.41. The summed E-state index contributed by atoms with van der Waals surface area (Å²) in [5.41, 5.74) is 0. The van der Waals surface area contributed by atoms with Gasteiger partial charge >= 0.3 is 0 Å². The van der Waals surface area contributed by atoms with E-state index in [1.165, 1.54) is 19.3 Å². The summed E-state index contributed by atoms with van der Waals surface area (Å²) >= 11 is 0. The van der Waals surface area contributed by atoms with E-state index < -0.39 is 0 Å². The fraction of sp³-hybridized carbons (Fsp3) is 1.00. The zero-order valence-electron chi connectivity index (χ0n) is 11.6. The van der Waals surface area contributed by atoms with Crippen LogP contribution in [0, 0.1) is 0 Å². The Morgan fingerprint density at radius 1 is 0.714 bits per heavy atom. The molecular formula is C13H31P. The van der Waals surface area contributed by atoms with Crippen LogP contribution in [-0.2, 0) is 0 Å². The molecule has 0 fully saturated rings. The molecule has 0 nitrogen and oxygen atoms in total. The van der Waals surface area contributed by atoms with Crippen molar-refractivity contribution in [3.63, 3.8) is 0 Å². The van der Waals surface area contributed by atoms with Crippen molar-refractivity contribution in [1.82, 2.24) is 0 Å². The minimum atomic E-state index is 0.512. The van der Waals surface area contributed by atoms with Crippen LogP contribution < -0.4 is 0 Å². The van der Waals surface area contributed by atoms with E-state index in [4.69, 9.17) is 0 Å². The van der Waals surface area contributed by atoms with Gasteiger partial charge < -0.3 is 0 Å². The van der Waals surface area contributed by atoms with Crippen LogP contribution in [0.5, 0.6) is 0 Å². The monoisotopic (exact) mass is 218 g/mol. The van der Waals surface area contributed by atoms with E-state index in [1.807, 2.05) is 0 Å². The fourth-order valence-corrected chi connectivity index (χ4v) is 3.73. The molecule has 0 saturated heterocycles. The summed E-state index contributed by atoms with van der Waals surface area (Å²) in [7, 11) is 1.05. The smallest absolute Gasteiger partial charge is 0.0202 e. The molecule has 0 amide bonds. The Hall–Kier alpha value is 0.430. The summed E-state index contributed by atoms with van der Waals surface area (Å²) in [6, 6.07) is 0. The molecule has 88 valence electrons. The van der Waals surface area contributed by atoms with E-state index in [-0.39, 0.29) is 0 Å². The number of hydrogen-bond donors (Lipinski definition) is 0. The van der Waals surface area contributed by atoms with Crippen molar-refractivity contribution in [3.8, 4) is 0 Å². The first-order valence-electron chi connectivity index (χ1n) is 5.91. The first kappa shape index (κ1) is 16.8. The average Bonchev–Trinajstić information content (AvgIpc) is 1.81. The molecule has 0 heterocycles. The zero-order chi connectivity index (χ0) is 11.8. The largest absolute Gasteiger partial charge is 0.111 e. The van der Waals surface area contributed by atoms with Gasteiger partial charge in [0, 0.05) is 0 Å². The Bertz CT molecular complexity index is 100. The lowest BCUT2D eigenvalue weighted by molar-refractivity contribution is 0.725. The molecular weight excluding hydrogens is 187 g/mol. The van der Waals surface area contributed by atoms with Gasteiger partial charge in [-0.2, -0.15) is 0 Å². The molecule has 0 aromatic heterocycles.